The molecule has 0 aliphatic carbocycles. The van der Waals surface area contributed by atoms with E-state index in [9.17, 15) is 9.59 Å². The molecule has 19 heavy (non-hydrogen) atoms. The number of rotatable bonds is 5. The van der Waals surface area contributed by atoms with Gasteiger partial charge in [-0.3, -0.25) is 4.79 Å². The standard InChI is InChI=1S/C14H18N2O3/c1-5-7-10(6-2)16-13(17)11-8(3)12(14(18)19)15-9(11)4/h2,10,15H,5,7H2,1,3-4H3,(H,16,17)(H,18,19). The highest BCUT2D eigenvalue weighted by molar-refractivity contribution is 6.01. The predicted molar refractivity (Wildman–Crippen MR) is 72.2 cm³/mol. The maximum Gasteiger partial charge on any atom is 0.352 e. The fourth-order valence-electron chi connectivity index (χ4n) is 2.02. The minimum absolute atomic E-state index is 0.0374. The van der Waals surface area contributed by atoms with Crippen molar-refractivity contribution < 1.29 is 14.7 Å². The molecule has 0 aromatic carbocycles. The van der Waals surface area contributed by atoms with Gasteiger partial charge in [0.1, 0.15) is 5.69 Å². The van der Waals surface area contributed by atoms with Crippen LogP contribution in [0.5, 0.6) is 0 Å². The summed E-state index contributed by atoms with van der Waals surface area (Å²) < 4.78 is 0. The first kappa shape index (κ1) is 14.8. The van der Waals surface area contributed by atoms with E-state index < -0.39 is 5.97 Å². The first-order chi connectivity index (χ1) is 8.92. The van der Waals surface area contributed by atoms with E-state index >= 15 is 0 Å². The molecule has 0 bridgehead atoms. The van der Waals surface area contributed by atoms with Gasteiger partial charge in [0.15, 0.2) is 0 Å². The Morgan fingerprint density at radius 3 is 2.53 bits per heavy atom. The average molecular weight is 262 g/mol. The van der Waals surface area contributed by atoms with E-state index in [1.54, 1.807) is 13.8 Å². The van der Waals surface area contributed by atoms with E-state index in [1.165, 1.54) is 0 Å². The Balaban J connectivity index is 3.01. The Hall–Kier alpha value is -2.22. The molecule has 1 amide bonds. The lowest BCUT2D eigenvalue weighted by molar-refractivity contribution is 0.0690. The number of aromatic carboxylic acids is 1. The number of aromatic amines is 1. The third-order valence-corrected chi connectivity index (χ3v) is 2.96. The third-order valence-electron chi connectivity index (χ3n) is 2.96. The van der Waals surface area contributed by atoms with Crippen LogP contribution < -0.4 is 5.32 Å². The molecule has 0 radical (unpaired) electrons. The second kappa shape index (κ2) is 6.10. The number of aromatic nitrogens is 1. The second-order valence-corrected chi connectivity index (χ2v) is 4.41. The van der Waals surface area contributed by atoms with Gasteiger partial charge in [0.05, 0.1) is 11.6 Å². The second-order valence-electron chi connectivity index (χ2n) is 4.41. The molecule has 0 fully saturated rings. The van der Waals surface area contributed by atoms with Crippen LogP contribution in [0, 0.1) is 26.2 Å². The van der Waals surface area contributed by atoms with Crippen LogP contribution in [0.15, 0.2) is 0 Å². The minimum Gasteiger partial charge on any atom is -0.477 e. The molecule has 5 heteroatoms. The molecule has 5 nitrogen and oxygen atoms in total. The van der Waals surface area contributed by atoms with Gasteiger partial charge in [-0.05, 0) is 25.8 Å². The molecular weight excluding hydrogens is 244 g/mol. The van der Waals surface area contributed by atoms with Crippen LogP contribution in [0.3, 0.4) is 0 Å². The summed E-state index contributed by atoms with van der Waals surface area (Å²) in [5, 5.41) is 11.7. The molecule has 0 aliphatic rings. The number of hydrogen-bond donors (Lipinski definition) is 3. The number of H-pyrrole nitrogens is 1. The number of aryl methyl sites for hydroxylation is 1. The zero-order valence-corrected chi connectivity index (χ0v) is 11.3. The van der Waals surface area contributed by atoms with Gasteiger partial charge < -0.3 is 15.4 Å². The maximum atomic E-state index is 12.1. The highest BCUT2D eigenvalue weighted by Gasteiger charge is 2.22. The number of amides is 1. The summed E-state index contributed by atoms with van der Waals surface area (Å²) in [6.45, 7) is 5.25. The first-order valence-corrected chi connectivity index (χ1v) is 6.11. The van der Waals surface area contributed by atoms with Crippen molar-refractivity contribution in [3.8, 4) is 12.3 Å². The number of carboxylic acids is 1. The molecule has 1 aromatic rings. The highest BCUT2D eigenvalue weighted by atomic mass is 16.4. The SMILES string of the molecule is C#CC(CCC)NC(=O)c1c(C)[nH]c(C(=O)O)c1C. The van der Waals surface area contributed by atoms with Gasteiger partial charge in [0.25, 0.3) is 5.91 Å². The minimum atomic E-state index is -1.08. The van der Waals surface area contributed by atoms with Crippen molar-refractivity contribution in [2.45, 2.75) is 39.7 Å². The Morgan fingerprint density at radius 2 is 2.11 bits per heavy atom. The van der Waals surface area contributed by atoms with E-state index in [4.69, 9.17) is 11.5 Å². The first-order valence-electron chi connectivity index (χ1n) is 6.11. The van der Waals surface area contributed by atoms with Crippen LogP contribution in [-0.4, -0.2) is 28.0 Å². The fourth-order valence-corrected chi connectivity index (χ4v) is 2.02. The van der Waals surface area contributed by atoms with Crippen molar-refractivity contribution in [3.63, 3.8) is 0 Å². The largest absolute Gasteiger partial charge is 0.477 e. The monoisotopic (exact) mass is 262 g/mol. The summed E-state index contributed by atoms with van der Waals surface area (Å²) in [4.78, 5) is 25.8. The molecule has 1 rings (SSSR count). The normalized spacial score (nSPS) is 11.7. The number of hydrogen-bond acceptors (Lipinski definition) is 2. The molecule has 1 aromatic heterocycles. The summed E-state index contributed by atoms with van der Waals surface area (Å²) >= 11 is 0. The van der Waals surface area contributed by atoms with Crippen molar-refractivity contribution in [1.82, 2.24) is 10.3 Å². The molecule has 1 atom stereocenters. The van der Waals surface area contributed by atoms with Gasteiger partial charge in [-0.2, -0.15) is 0 Å². The summed E-state index contributed by atoms with van der Waals surface area (Å²) in [6, 6.07) is -0.334. The zero-order valence-electron chi connectivity index (χ0n) is 11.3. The molecule has 0 spiro atoms. The van der Waals surface area contributed by atoms with Crippen molar-refractivity contribution >= 4 is 11.9 Å². The lowest BCUT2D eigenvalue weighted by Gasteiger charge is -2.12. The number of carbonyl (C=O) groups is 2. The molecule has 0 aliphatic heterocycles. The van der Waals surface area contributed by atoms with Crippen molar-refractivity contribution in [3.05, 3.63) is 22.5 Å². The number of nitrogens with one attached hydrogen (secondary N) is 2. The van der Waals surface area contributed by atoms with Crippen LogP contribution in [0.2, 0.25) is 0 Å². The van der Waals surface area contributed by atoms with Crippen molar-refractivity contribution in [1.29, 1.82) is 0 Å². The molecule has 1 unspecified atom stereocenters. The van der Waals surface area contributed by atoms with Crippen molar-refractivity contribution in [2.75, 3.05) is 0 Å². The maximum absolute atomic E-state index is 12.1. The fraction of sp³-hybridized carbons (Fsp3) is 0.429. The van der Waals surface area contributed by atoms with E-state index in [0.717, 1.165) is 6.42 Å². The Kier molecular flexibility index (Phi) is 4.76. The van der Waals surface area contributed by atoms with Crippen molar-refractivity contribution in [2.24, 2.45) is 0 Å². The van der Waals surface area contributed by atoms with Crippen LogP contribution in [-0.2, 0) is 0 Å². The molecule has 102 valence electrons. The molecule has 0 saturated carbocycles. The summed E-state index contributed by atoms with van der Waals surface area (Å²) in [6.07, 6.45) is 6.90. The molecule has 1 heterocycles. The summed E-state index contributed by atoms with van der Waals surface area (Å²) in [5.41, 5.74) is 1.35. The van der Waals surface area contributed by atoms with Gasteiger partial charge in [0, 0.05) is 5.69 Å². The van der Waals surface area contributed by atoms with E-state index in [-0.39, 0.29) is 17.6 Å². The molecule has 0 saturated heterocycles. The number of carbonyl (C=O) groups excluding carboxylic acids is 1. The zero-order chi connectivity index (χ0) is 14.6. The number of carboxylic acid groups (broad SMARTS) is 1. The third kappa shape index (κ3) is 3.16. The quantitative estimate of drug-likeness (QED) is 0.708. The number of terminal acetylenes is 1. The Bertz CT molecular complexity index is 538. The Morgan fingerprint density at radius 1 is 1.47 bits per heavy atom. The lowest BCUT2D eigenvalue weighted by Crippen LogP contribution is -2.34. The highest BCUT2D eigenvalue weighted by Crippen LogP contribution is 2.18. The summed E-state index contributed by atoms with van der Waals surface area (Å²) in [5.74, 6) is 1.09. The van der Waals surface area contributed by atoms with Crippen LogP contribution in [0.4, 0.5) is 0 Å². The topological polar surface area (TPSA) is 82.2 Å². The Labute approximate surface area is 112 Å². The average Bonchev–Trinajstić information content (AvgIpc) is 2.64. The molecular formula is C14H18N2O3. The van der Waals surface area contributed by atoms with Crippen LogP contribution in [0.25, 0.3) is 0 Å². The predicted octanol–water partition coefficient (Wildman–Crippen LogP) is 1.86. The van der Waals surface area contributed by atoms with Gasteiger partial charge in [-0.1, -0.05) is 19.3 Å². The molecule has 3 N–H and O–H groups in total. The van der Waals surface area contributed by atoms with Gasteiger partial charge in [-0.15, -0.1) is 6.42 Å². The smallest absolute Gasteiger partial charge is 0.352 e. The van der Waals surface area contributed by atoms with Gasteiger partial charge >= 0.3 is 5.97 Å². The van der Waals surface area contributed by atoms with E-state index in [2.05, 4.69) is 16.2 Å². The van der Waals surface area contributed by atoms with E-state index in [1.807, 2.05) is 6.92 Å². The van der Waals surface area contributed by atoms with Crippen LogP contribution >= 0.6 is 0 Å². The van der Waals surface area contributed by atoms with Gasteiger partial charge in [-0.25, -0.2) is 4.79 Å². The van der Waals surface area contributed by atoms with Crippen LogP contribution in [0.1, 0.15) is 51.9 Å². The lowest BCUT2D eigenvalue weighted by atomic mass is 10.1. The van der Waals surface area contributed by atoms with Gasteiger partial charge in [0.2, 0.25) is 0 Å². The summed E-state index contributed by atoms with van der Waals surface area (Å²) in [7, 11) is 0. The van der Waals surface area contributed by atoms with E-state index in [0.29, 0.717) is 23.2 Å².